The minimum Gasteiger partial charge on any atom is -0.506 e. The predicted molar refractivity (Wildman–Crippen MR) is 84.9 cm³/mol. The number of esters is 1. The second-order valence-electron chi connectivity index (χ2n) is 5.52. The zero-order valence-electron chi connectivity index (χ0n) is 12.8. The van der Waals surface area contributed by atoms with Crippen molar-refractivity contribution in [1.29, 1.82) is 0 Å². The van der Waals surface area contributed by atoms with Crippen LogP contribution in [0.25, 0.3) is 0 Å². The van der Waals surface area contributed by atoms with E-state index < -0.39 is 29.9 Å². The van der Waals surface area contributed by atoms with E-state index in [1.54, 1.807) is 18.2 Å². The third-order valence-corrected chi connectivity index (χ3v) is 3.81. The molecular formula is C18H14F3NO3. The molecule has 0 fully saturated rings. The molecule has 0 bridgehead atoms. The number of nitrogens with one attached hydrogen (secondary N) is 1. The Balaban J connectivity index is 1.92. The average molecular weight is 349 g/mol. The van der Waals surface area contributed by atoms with Crippen molar-refractivity contribution in [1.82, 2.24) is 0 Å². The fraction of sp³-hybridized carbons (Fsp3) is 0.167. The number of alkyl halides is 3. The molecule has 1 aliphatic rings. The van der Waals surface area contributed by atoms with Crippen molar-refractivity contribution in [2.24, 2.45) is 0 Å². The van der Waals surface area contributed by atoms with Crippen molar-refractivity contribution in [3.8, 4) is 5.75 Å². The number of phenols is 1. The monoisotopic (exact) mass is 349 g/mol. The summed E-state index contributed by atoms with van der Waals surface area (Å²) in [4.78, 5) is 11.4. The molecule has 0 saturated carbocycles. The maximum absolute atomic E-state index is 12.7. The Labute approximate surface area is 141 Å². The summed E-state index contributed by atoms with van der Waals surface area (Å²) in [7, 11) is 0. The number of hydrogen-bond donors (Lipinski definition) is 2. The summed E-state index contributed by atoms with van der Waals surface area (Å²) in [6, 6.07) is 10.4. The number of halogens is 3. The summed E-state index contributed by atoms with van der Waals surface area (Å²) in [5, 5.41) is 12.9. The van der Waals surface area contributed by atoms with Gasteiger partial charge in [0, 0.05) is 6.08 Å². The normalized spacial score (nSPS) is 18.0. The van der Waals surface area contributed by atoms with Gasteiger partial charge in [0.25, 0.3) is 0 Å². The van der Waals surface area contributed by atoms with Gasteiger partial charge in [0.05, 0.1) is 17.3 Å². The lowest BCUT2D eigenvalue weighted by Crippen LogP contribution is -2.25. The Morgan fingerprint density at radius 3 is 2.32 bits per heavy atom. The summed E-state index contributed by atoms with van der Waals surface area (Å²) in [6.07, 6.45) is -2.35. The van der Waals surface area contributed by atoms with Gasteiger partial charge < -0.3 is 15.2 Å². The van der Waals surface area contributed by atoms with Gasteiger partial charge in [-0.1, -0.05) is 24.3 Å². The van der Waals surface area contributed by atoms with E-state index in [-0.39, 0.29) is 5.75 Å². The lowest BCUT2D eigenvalue weighted by molar-refractivity contribution is -0.139. The summed E-state index contributed by atoms with van der Waals surface area (Å²) in [6.45, 7) is 0. The van der Waals surface area contributed by atoms with Crippen molar-refractivity contribution >= 4 is 11.7 Å². The molecule has 0 saturated heterocycles. The maximum Gasteiger partial charge on any atom is 0.416 e. The number of ether oxygens (including phenoxy) is 1. The lowest BCUT2D eigenvalue weighted by atomic mass is 9.99. The molecule has 7 heteroatoms. The summed E-state index contributed by atoms with van der Waals surface area (Å²) >= 11 is 0. The molecule has 0 unspecified atom stereocenters. The average Bonchev–Trinajstić information content (AvgIpc) is 3.00. The molecule has 1 aliphatic heterocycles. The first kappa shape index (κ1) is 16.9. The molecule has 25 heavy (non-hydrogen) atoms. The van der Waals surface area contributed by atoms with E-state index in [2.05, 4.69) is 5.32 Å². The zero-order valence-corrected chi connectivity index (χ0v) is 12.8. The smallest absolute Gasteiger partial charge is 0.416 e. The fourth-order valence-electron chi connectivity index (χ4n) is 2.56. The number of carbonyl (C=O) groups is 1. The van der Waals surface area contributed by atoms with Crippen LogP contribution in [0.2, 0.25) is 0 Å². The van der Waals surface area contributed by atoms with Crippen LogP contribution in [0.15, 0.2) is 60.7 Å². The minimum absolute atomic E-state index is 0.0206. The third kappa shape index (κ3) is 3.76. The largest absolute Gasteiger partial charge is 0.506 e. The molecule has 0 radical (unpaired) electrons. The first-order chi connectivity index (χ1) is 11.8. The van der Waals surface area contributed by atoms with Gasteiger partial charge in [0.15, 0.2) is 0 Å². The van der Waals surface area contributed by atoms with Crippen LogP contribution >= 0.6 is 0 Å². The highest BCUT2D eigenvalue weighted by molar-refractivity contribution is 5.84. The van der Waals surface area contributed by atoms with Crippen LogP contribution in [0.5, 0.6) is 5.75 Å². The van der Waals surface area contributed by atoms with Crippen LogP contribution in [0.1, 0.15) is 17.2 Å². The van der Waals surface area contributed by atoms with Gasteiger partial charge in [0.1, 0.15) is 11.9 Å². The molecule has 3 rings (SSSR count). The first-order valence-corrected chi connectivity index (χ1v) is 7.45. The summed E-state index contributed by atoms with van der Waals surface area (Å²) in [5.74, 6) is -0.547. The molecule has 1 heterocycles. The topological polar surface area (TPSA) is 58.6 Å². The number of hydrogen-bond acceptors (Lipinski definition) is 4. The van der Waals surface area contributed by atoms with E-state index in [1.807, 2.05) is 0 Å². The second kappa shape index (κ2) is 6.51. The van der Waals surface area contributed by atoms with Crippen molar-refractivity contribution in [3.63, 3.8) is 0 Å². The fourth-order valence-corrected chi connectivity index (χ4v) is 2.56. The lowest BCUT2D eigenvalue weighted by Gasteiger charge is -2.25. The number of rotatable bonds is 4. The minimum atomic E-state index is -4.43. The van der Waals surface area contributed by atoms with Gasteiger partial charge in [-0.25, -0.2) is 4.79 Å². The van der Waals surface area contributed by atoms with Crippen molar-refractivity contribution in [2.75, 3.05) is 5.32 Å². The number of benzene rings is 2. The highest BCUT2D eigenvalue weighted by atomic mass is 19.4. The summed E-state index contributed by atoms with van der Waals surface area (Å²) in [5.41, 5.74) is 0.0980. The van der Waals surface area contributed by atoms with Crippen molar-refractivity contribution in [3.05, 3.63) is 71.8 Å². The second-order valence-corrected chi connectivity index (χ2v) is 5.52. The van der Waals surface area contributed by atoms with E-state index in [9.17, 15) is 23.1 Å². The quantitative estimate of drug-likeness (QED) is 0.646. The van der Waals surface area contributed by atoms with E-state index >= 15 is 0 Å². The Hall–Kier alpha value is -2.96. The molecule has 2 aromatic rings. The van der Waals surface area contributed by atoms with E-state index in [4.69, 9.17) is 4.74 Å². The number of cyclic esters (lactones) is 1. The van der Waals surface area contributed by atoms with E-state index in [0.717, 1.165) is 12.1 Å². The van der Waals surface area contributed by atoms with Gasteiger partial charge in [-0.3, -0.25) is 0 Å². The first-order valence-electron chi connectivity index (χ1n) is 7.45. The Morgan fingerprint density at radius 1 is 1.08 bits per heavy atom. The van der Waals surface area contributed by atoms with Gasteiger partial charge in [-0.05, 0) is 35.9 Å². The Morgan fingerprint density at radius 2 is 1.76 bits per heavy atom. The van der Waals surface area contributed by atoms with Crippen LogP contribution in [0, 0.1) is 0 Å². The Kier molecular flexibility index (Phi) is 4.39. The van der Waals surface area contributed by atoms with Crippen molar-refractivity contribution < 1.29 is 27.8 Å². The van der Waals surface area contributed by atoms with Crippen LogP contribution in [0.4, 0.5) is 18.9 Å². The number of anilines is 1. The van der Waals surface area contributed by atoms with Gasteiger partial charge in [0.2, 0.25) is 0 Å². The Bertz CT molecular complexity index is 800. The molecule has 0 aliphatic carbocycles. The number of phenolic OH excluding ortho intramolecular Hbond substituents is 1. The van der Waals surface area contributed by atoms with Crippen LogP contribution in [-0.4, -0.2) is 17.2 Å². The molecule has 0 aromatic heterocycles. The SMILES string of the molecule is O=C1C=C[C@H]([C@@H](Nc2ccccc2O)c2ccc(C(F)(F)F)cc2)O1. The molecule has 2 aromatic carbocycles. The maximum atomic E-state index is 12.7. The number of aromatic hydroxyl groups is 1. The molecule has 2 N–H and O–H groups in total. The molecule has 4 nitrogen and oxygen atoms in total. The molecule has 2 atom stereocenters. The van der Waals surface area contributed by atoms with E-state index in [0.29, 0.717) is 11.3 Å². The molecular weight excluding hydrogens is 335 g/mol. The standard InChI is InChI=1S/C18H14F3NO3/c19-18(20,21)12-7-5-11(6-8-12)17(15-9-10-16(24)25-15)22-13-3-1-2-4-14(13)23/h1-10,15,17,22-23H/t15-,17+/m1/s1. The molecule has 130 valence electrons. The van der Waals surface area contributed by atoms with E-state index in [1.165, 1.54) is 30.4 Å². The van der Waals surface area contributed by atoms with Gasteiger partial charge in [-0.15, -0.1) is 0 Å². The third-order valence-electron chi connectivity index (χ3n) is 3.81. The van der Waals surface area contributed by atoms with Gasteiger partial charge >= 0.3 is 12.1 Å². The van der Waals surface area contributed by atoms with Crippen LogP contribution < -0.4 is 5.32 Å². The van der Waals surface area contributed by atoms with Crippen molar-refractivity contribution in [2.45, 2.75) is 18.3 Å². The zero-order chi connectivity index (χ0) is 18.0. The molecule has 0 spiro atoms. The van der Waals surface area contributed by atoms with Crippen LogP contribution in [0.3, 0.4) is 0 Å². The molecule has 0 amide bonds. The van der Waals surface area contributed by atoms with Gasteiger partial charge in [-0.2, -0.15) is 13.2 Å². The number of para-hydroxylation sites is 2. The summed E-state index contributed by atoms with van der Waals surface area (Å²) < 4.78 is 43.4. The van der Waals surface area contributed by atoms with Crippen LogP contribution in [-0.2, 0) is 15.7 Å². The predicted octanol–water partition coefficient (Wildman–Crippen LogP) is 4.05. The highest BCUT2D eigenvalue weighted by Gasteiger charge is 2.32. The number of carbonyl (C=O) groups excluding carboxylic acids is 1. The highest BCUT2D eigenvalue weighted by Crippen LogP contribution is 2.34.